The van der Waals surface area contributed by atoms with Gasteiger partial charge in [0.15, 0.2) is 0 Å². The van der Waals surface area contributed by atoms with E-state index in [0.717, 1.165) is 32.1 Å². The van der Waals surface area contributed by atoms with Crippen LogP contribution >= 0.6 is 0 Å². The Hall–Kier alpha value is -1.13. The second kappa shape index (κ2) is 7.19. The Kier molecular flexibility index (Phi) is 5.82. The van der Waals surface area contributed by atoms with Crippen LogP contribution in [0.4, 0.5) is 5.82 Å². The van der Waals surface area contributed by atoms with Crippen molar-refractivity contribution in [2.24, 2.45) is 0 Å². The number of methoxy groups -OCH3 is 1. The first kappa shape index (κ1) is 12.9. The Morgan fingerprint density at radius 2 is 2.25 bits per heavy atom. The fourth-order valence-electron chi connectivity index (χ4n) is 1.44. The summed E-state index contributed by atoms with van der Waals surface area (Å²) in [5.41, 5.74) is 1.22. The molecule has 0 fully saturated rings. The van der Waals surface area contributed by atoms with Gasteiger partial charge in [0.2, 0.25) is 0 Å². The lowest BCUT2D eigenvalue weighted by atomic mass is 10.2. The maximum absolute atomic E-state index is 5.03. The van der Waals surface area contributed by atoms with Crippen molar-refractivity contribution in [3.05, 3.63) is 23.9 Å². The third-order valence-electron chi connectivity index (χ3n) is 2.31. The van der Waals surface area contributed by atoms with E-state index in [2.05, 4.69) is 35.2 Å². The molecule has 1 aromatic rings. The molecule has 90 valence electrons. The summed E-state index contributed by atoms with van der Waals surface area (Å²) >= 11 is 0. The number of anilines is 1. The van der Waals surface area contributed by atoms with Crippen molar-refractivity contribution < 1.29 is 4.74 Å². The Labute approximate surface area is 97.6 Å². The van der Waals surface area contributed by atoms with Crippen LogP contribution in [0.15, 0.2) is 18.3 Å². The molecule has 16 heavy (non-hydrogen) atoms. The molecule has 0 amide bonds. The number of nitrogens with one attached hydrogen (secondary N) is 1. The van der Waals surface area contributed by atoms with Gasteiger partial charge in [0.1, 0.15) is 5.82 Å². The van der Waals surface area contributed by atoms with E-state index >= 15 is 0 Å². The van der Waals surface area contributed by atoms with Crippen molar-refractivity contribution in [2.75, 3.05) is 39.2 Å². The van der Waals surface area contributed by atoms with E-state index < -0.39 is 0 Å². The normalized spacial score (nSPS) is 10.8. The zero-order chi connectivity index (χ0) is 11.8. The second-order valence-electron chi connectivity index (χ2n) is 3.81. The van der Waals surface area contributed by atoms with Gasteiger partial charge in [0.05, 0.1) is 6.61 Å². The Balaban J connectivity index is 2.41. The van der Waals surface area contributed by atoms with Gasteiger partial charge in [-0.25, -0.2) is 4.98 Å². The van der Waals surface area contributed by atoms with Crippen molar-refractivity contribution in [1.82, 2.24) is 9.88 Å². The summed E-state index contributed by atoms with van der Waals surface area (Å²) in [5, 5.41) is 3.18. The lowest BCUT2D eigenvalue weighted by molar-refractivity contribution is 0.158. The molecule has 4 heteroatoms. The van der Waals surface area contributed by atoms with Gasteiger partial charge < -0.3 is 10.1 Å². The first-order valence-corrected chi connectivity index (χ1v) is 5.62. The topological polar surface area (TPSA) is 37.4 Å². The van der Waals surface area contributed by atoms with Gasteiger partial charge >= 0.3 is 0 Å². The molecule has 0 atom stereocenters. The zero-order valence-electron chi connectivity index (χ0n) is 10.4. The third-order valence-corrected chi connectivity index (χ3v) is 2.31. The average Bonchev–Trinajstić information content (AvgIpc) is 2.29. The molecule has 0 saturated heterocycles. The standard InChI is InChI=1S/C12H21N3O/c1-4-13-12-6-5-11(9-14-12)10-15(2)7-8-16-3/h5-6,9H,4,7-8,10H2,1-3H3,(H,13,14). The zero-order valence-corrected chi connectivity index (χ0v) is 10.4. The Morgan fingerprint density at radius 3 is 2.81 bits per heavy atom. The highest BCUT2D eigenvalue weighted by Crippen LogP contribution is 2.06. The van der Waals surface area contributed by atoms with Gasteiger partial charge in [-0.15, -0.1) is 0 Å². The predicted octanol–water partition coefficient (Wildman–Crippen LogP) is 1.59. The van der Waals surface area contributed by atoms with Crippen molar-refractivity contribution in [3.63, 3.8) is 0 Å². The van der Waals surface area contributed by atoms with E-state index in [1.54, 1.807) is 7.11 Å². The average molecular weight is 223 g/mol. The fourth-order valence-corrected chi connectivity index (χ4v) is 1.44. The molecule has 0 aromatic carbocycles. The molecular formula is C12H21N3O. The van der Waals surface area contributed by atoms with Crippen LogP contribution in [-0.2, 0) is 11.3 Å². The lowest BCUT2D eigenvalue weighted by Gasteiger charge is -2.15. The van der Waals surface area contributed by atoms with E-state index in [0.29, 0.717) is 0 Å². The van der Waals surface area contributed by atoms with Crippen molar-refractivity contribution in [1.29, 1.82) is 0 Å². The summed E-state index contributed by atoms with van der Waals surface area (Å²) in [6.45, 7) is 5.57. The highest BCUT2D eigenvalue weighted by atomic mass is 16.5. The number of ether oxygens (including phenoxy) is 1. The Morgan fingerprint density at radius 1 is 1.44 bits per heavy atom. The van der Waals surface area contributed by atoms with Gasteiger partial charge in [0, 0.05) is 32.9 Å². The molecular weight excluding hydrogens is 202 g/mol. The van der Waals surface area contributed by atoms with Crippen LogP contribution < -0.4 is 5.32 Å². The summed E-state index contributed by atoms with van der Waals surface area (Å²) in [7, 11) is 3.80. The van der Waals surface area contributed by atoms with Crippen LogP contribution in [0.1, 0.15) is 12.5 Å². The number of aromatic nitrogens is 1. The molecule has 0 aliphatic carbocycles. The second-order valence-corrected chi connectivity index (χ2v) is 3.81. The molecule has 0 aliphatic rings. The minimum absolute atomic E-state index is 0.763. The molecule has 0 spiro atoms. The van der Waals surface area contributed by atoms with Crippen LogP contribution in [0, 0.1) is 0 Å². The fraction of sp³-hybridized carbons (Fsp3) is 0.583. The molecule has 1 N–H and O–H groups in total. The maximum atomic E-state index is 5.03. The monoisotopic (exact) mass is 223 g/mol. The number of hydrogen-bond acceptors (Lipinski definition) is 4. The van der Waals surface area contributed by atoms with Crippen molar-refractivity contribution in [3.8, 4) is 0 Å². The van der Waals surface area contributed by atoms with Crippen molar-refractivity contribution >= 4 is 5.82 Å². The number of nitrogens with zero attached hydrogens (tertiary/aromatic N) is 2. The summed E-state index contributed by atoms with van der Waals surface area (Å²) in [6, 6.07) is 4.12. The molecule has 1 heterocycles. The summed E-state index contributed by atoms with van der Waals surface area (Å²) < 4.78 is 5.03. The van der Waals surface area contributed by atoms with Crippen molar-refractivity contribution in [2.45, 2.75) is 13.5 Å². The largest absolute Gasteiger partial charge is 0.383 e. The van der Waals surface area contributed by atoms with E-state index in [-0.39, 0.29) is 0 Å². The number of rotatable bonds is 7. The minimum Gasteiger partial charge on any atom is -0.383 e. The Bertz CT molecular complexity index is 287. The molecule has 0 aliphatic heterocycles. The highest BCUT2D eigenvalue weighted by molar-refractivity contribution is 5.35. The summed E-state index contributed by atoms with van der Waals surface area (Å²) in [4.78, 5) is 6.55. The first-order chi connectivity index (χ1) is 7.76. The van der Waals surface area contributed by atoms with Gasteiger partial charge in [0.25, 0.3) is 0 Å². The van der Waals surface area contributed by atoms with E-state index in [1.165, 1.54) is 5.56 Å². The quantitative estimate of drug-likeness (QED) is 0.761. The number of pyridine rings is 1. The molecule has 1 rings (SSSR count). The SMILES string of the molecule is CCNc1ccc(CN(C)CCOC)cn1. The smallest absolute Gasteiger partial charge is 0.125 e. The van der Waals surface area contributed by atoms with Crippen LogP contribution in [0.2, 0.25) is 0 Å². The van der Waals surface area contributed by atoms with Crippen LogP contribution in [0.25, 0.3) is 0 Å². The maximum Gasteiger partial charge on any atom is 0.125 e. The van der Waals surface area contributed by atoms with Gasteiger partial charge in [-0.05, 0) is 25.6 Å². The highest BCUT2D eigenvalue weighted by Gasteiger charge is 2.00. The van der Waals surface area contributed by atoms with Crippen LogP contribution in [0.3, 0.4) is 0 Å². The van der Waals surface area contributed by atoms with E-state index in [4.69, 9.17) is 4.74 Å². The number of likely N-dealkylation sites (N-methyl/N-ethyl adjacent to an activating group) is 1. The van der Waals surface area contributed by atoms with Gasteiger partial charge in [-0.1, -0.05) is 6.07 Å². The molecule has 4 nitrogen and oxygen atoms in total. The first-order valence-electron chi connectivity index (χ1n) is 5.62. The van der Waals surface area contributed by atoms with Crippen LogP contribution in [-0.4, -0.2) is 43.7 Å². The molecule has 0 radical (unpaired) electrons. The third kappa shape index (κ3) is 4.59. The predicted molar refractivity (Wildman–Crippen MR) is 66.6 cm³/mol. The molecule has 1 aromatic heterocycles. The molecule has 0 unspecified atom stereocenters. The number of hydrogen-bond donors (Lipinski definition) is 1. The lowest BCUT2D eigenvalue weighted by Crippen LogP contribution is -2.22. The van der Waals surface area contributed by atoms with Gasteiger partial charge in [-0.2, -0.15) is 0 Å². The summed E-state index contributed by atoms with van der Waals surface area (Å²) in [6.07, 6.45) is 1.92. The molecule has 0 bridgehead atoms. The molecule has 0 saturated carbocycles. The van der Waals surface area contributed by atoms with E-state index in [9.17, 15) is 0 Å². The summed E-state index contributed by atoms with van der Waals surface area (Å²) in [5.74, 6) is 0.936. The van der Waals surface area contributed by atoms with Gasteiger partial charge in [-0.3, -0.25) is 4.90 Å². The minimum atomic E-state index is 0.763. The van der Waals surface area contributed by atoms with Crippen LogP contribution in [0.5, 0.6) is 0 Å². The van der Waals surface area contributed by atoms with E-state index in [1.807, 2.05) is 12.3 Å².